The number of benzene rings is 2. The molecule has 4 rings (SSSR count). The summed E-state index contributed by atoms with van der Waals surface area (Å²) in [6.07, 6.45) is 7.69. The van der Waals surface area contributed by atoms with Crippen molar-refractivity contribution in [3.05, 3.63) is 83.4 Å². The van der Waals surface area contributed by atoms with Gasteiger partial charge < -0.3 is 5.32 Å². The second-order valence-electron chi connectivity index (χ2n) is 8.26. The molecule has 160 valence electrons. The van der Waals surface area contributed by atoms with Crippen LogP contribution in [0, 0.1) is 5.41 Å². The van der Waals surface area contributed by atoms with Crippen molar-refractivity contribution in [1.82, 2.24) is 20.2 Å². The molecule has 0 unspecified atom stereocenters. The number of nitrogens with one attached hydrogen (secondary N) is 1. The van der Waals surface area contributed by atoms with Gasteiger partial charge in [0, 0.05) is 43.1 Å². The summed E-state index contributed by atoms with van der Waals surface area (Å²) < 4.78 is 0. The van der Waals surface area contributed by atoms with Crippen LogP contribution in [-0.4, -0.2) is 40.9 Å². The summed E-state index contributed by atoms with van der Waals surface area (Å²) in [5.74, 6) is 0.0995. The van der Waals surface area contributed by atoms with Gasteiger partial charge in [0.25, 0.3) is 0 Å². The number of halogens is 1. The van der Waals surface area contributed by atoms with E-state index in [1.54, 1.807) is 7.05 Å². The van der Waals surface area contributed by atoms with Gasteiger partial charge in [-0.2, -0.15) is 0 Å². The van der Waals surface area contributed by atoms with E-state index in [2.05, 4.69) is 38.4 Å². The van der Waals surface area contributed by atoms with Crippen LogP contribution in [0.2, 0.25) is 5.02 Å². The van der Waals surface area contributed by atoms with Crippen molar-refractivity contribution < 1.29 is 4.79 Å². The molecule has 1 fully saturated rings. The minimum absolute atomic E-state index is 0.0995. The van der Waals surface area contributed by atoms with Gasteiger partial charge in [-0.1, -0.05) is 48.0 Å². The number of carbonyl (C=O) groups excluding carboxylic acids is 1. The Morgan fingerprint density at radius 2 is 1.97 bits per heavy atom. The van der Waals surface area contributed by atoms with Gasteiger partial charge in [0.15, 0.2) is 0 Å². The number of rotatable bonds is 6. The zero-order valence-electron chi connectivity index (χ0n) is 17.7. The molecule has 1 atom stereocenters. The topological polar surface area (TPSA) is 58.1 Å². The molecule has 6 heteroatoms. The molecule has 1 amide bonds. The number of aromatic nitrogens is 2. The van der Waals surface area contributed by atoms with Crippen molar-refractivity contribution in [2.75, 3.05) is 20.1 Å². The van der Waals surface area contributed by atoms with E-state index in [1.807, 2.05) is 42.7 Å². The van der Waals surface area contributed by atoms with Crippen LogP contribution in [0.3, 0.4) is 0 Å². The van der Waals surface area contributed by atoms with Crippen molar-refractivity contribution >= 4 is 17.5 Å². The summed E-state index contributed by atoms with van der Waals surface area (Å²) >= 11 is 6.18. The van der Waals surface area contributed by atoms with Crippen LogP contribution in [-0.2, 0) is 17.8 Å². The Labute approximate surface area is 188 Å². The third-order valence-corrected chi connectivity index (χ3v) is 6.31. The van der Waals surface area contributed by atoms with Crippen molar-refractivity contribution in [2.24, 2.45) is 5.41 Å². The predicted molar refractivity (Wildman–Crippen MR) is 124 cm³/mol. The molecule has 0 aliphatic carbocycles. The summed E-state index contributed by atoms with van der Waals surface area (Å²) in [5.41, 5.74) is 3.87. The van der Waals surface area contributed by atoms with Crippen molar-refractivity contribution in [2.45, 2.75) is 25.8 Å². The van der Waals surface area contributed by atoms with Crippen LogP contribution < -0.4 is 5.32 Å². The monoisotopic (exact) mass is 434 g/mol. The molecule has 5 nitrogen and oxygen atoms in total. The molecule has 1 saturated heterocycles. The van der Waals surface area contributed by atoms with Crippen LogP contribution >= 0.6 is 11.6 Å². The van der Waals surface area contributed by atoms with Crippen molar-refractivity contribution in [1.29, 1.82) is 0 Å². The third-order valence-electron chi connectivity index (χ3n) is 6.08. The highest BCUT2D eigenvalue weighted by atomic mass is 35.5. The van der Waals surface area contributed by atoms with E-state index in [9.17, 15) is 4.79 Å². The van der Waals surface area contributed by atoms with Gasteiger partial charge >= 0.3 is 0 Å². The molecule has 31 heavy (non-hydrogen) atoms. The molecular formula is C25H27ClN4O. The Balaban J connectivity index is 1.63. The van der Waals surface area contributed by atoms with Gasteiger partial charge in [0.05, 0.1) is 5.41 Å². The van der Waals surface area contributed by atoms with E-state index in [0.717, 1.165) is 47.6 Å². The Kier molecular flexibility index (Phi) is 6.64. The lowest BCUT2D eigenvalue weighted by Crippen LogP contribution is -2.52. The minimum Gasteiger partial charge on any atom is -0.359 e. The molecule has 0 bridgehead atoms. The van der Waals surface area contributed by atoms with Gasteiger partial charge in [-0.05, 0) is 54.6 Å². The lowest BCUT2D eigenvalue weighted by Gasteiger charge is -2.42. The molecule has 3 aromatic rings. The number of carbonyl (C=O) groups is 1. The first kappa shape index (κ1) is 21.5. The SMILES string of the molecule is CNC(=O)[C@]1(Cc2ccccc2-c2cncnc2)CCCN(Cc2cccc(Cl)c2)C1. The number of hydrogen-bond donors (Lipinski definition) is 1. The molecule has 1 aliphatic rings. The number of piperidine rings is 1. The Bertz CT molecular complexity index is 1040. The fourth-order valence-corrected chi connectivity index (χ4v) is 4.90. The van der Waals surface area contributed by atoms with Crippen molar-refractivity contribution in [3.8, 4) is 11.1 Å². The van der Waals surface area contributed by atoms with E-state index in [1.165, 1.54) is 11.9 Å². The van der Waals surface area contributed by atoms with Gasteiger partial charge in [0.1, 0.15) is 6.33 Å². The predicted octanol–water partition coefficient (Wildman–Crippen LogP) is 4.37. The smallest absolute Gasteiger partial charge is 0.227 e. The number of nitrogens with zero attached hydrogens (tertiary/aromatic N) is 3. The molecule has 2 heterocycles. The van der Waals surface area contributed by atoms with Crippen LogP contribution in [0.15, 0.2) is 67.3 Å². The molecule has 0 spiro atoms. The number of amides is 1. The lowest BCUT2D eigenvalue weighted by molar-refractivity contribution is -0.134. The summed E-state index contributed by atoms with van der Waals surface area (Å²) in [6, 6.07) is 16.2. The first-order chi connectivity index (χ1) is 15.1. The Morgan fingerprint density at radius 1 is 1.16 bits per heavy atom. The fraction of sp³-hybridized carbons (Fsp3) is 0.320. The Hall–Kier alpha value is -2.76. The fourth-order valence-electron chi connectivity index (χ4n) is 4.69. The molecule has 1 aromatic heterocycles. The van der Waals surface area contributed by atoms with Gasteiger partial charge in [-0.3, -0.25) is 9.69 Å². The molecule has 2 aromatic carbocycles. The average molecular weight is 435 g/mol. The van der Waals surface area contributed by atoms with E-state index >= 15 is 0 Å². The van der Waals surface area contributed by atoms with Crippen LogP contribution in [0.1, 0.15) is 24.0 Å². The lowest BCUT2D eigenvalue weighted by atomic mass is 9.73. The largest absolute Gasteiger partial charge is 0.359 e. The van der Waals surface area contributed by atoms with Crippen LogP contribution in [0.4, 0.5) is 0 Å². The minimum atomic E-state index is -0.489. The van der Waals surface area contributed by atoms with Gasteiger partial charge in [-0.25, -0.2) is 9.97 Å². The zero-order chi connectivity index (χ0) is 21.7. The molecule has 0 radical (unpaired) electrons. The zero-order valence-corrected chi connectivity index (χ0v) is 18.5. The highest BCUT2D eigenvalue weighted by Crippen LogP contribution is 2.37. The highest BCUT2D eigenvalue weighted by Gasteiger charge is 2.42. The van der Waals surface area contributed by atoms with Crippen molar-refractivity contribution in [3.63, 3.8) is 0 Å². The standard InChI is InChI=1S/C25H27ClN4O/c1-27-24(31)25(10-5-11-30(17-25)16-19-6-4-8-22(26)12-19)13-20-7-2-3-9-23(20)21-14-28-18-29-15-21/h2-4,6-9,12,14-15,18H,5,10-11,13,16-17H2,1H3,(H,27,31)/t25-/m0/s1. The summed E-state index contributed by atoms with van der Waals surface area (Å²) in [4.78, 5) is 23.9. The maximum absolute atomic E-state index is 13.2. The molecule has 1 N–H and O–H groups in total. The molecule has 1 aliphatic heterocycles. The van der Waals surface area contributed by atoms with Crippen LogP contribution in [0.5, 0.6) is 0 Å². The van der Waals surface area contributed by atoms with E-state index < -0.39 is 5.41 Å². The van der Waals surface area contributed by atoms with E-state index in [4.69, 9.17) is 11.6 Å². The molecule has 0 saturated carbocycles. The van der Waals surface area contributed by atoms with Gasteiger partial charge in [0.2, 0.25) is 5.91 Å². The summed E-state index contributed by atoms with van der Waals surface area (Å²) in [5, 5.41) is 3.68. The molecular weight excluding hydrogens is 408 g/mol. The van der Waals surface area contributed by atoms with Crippen LogP contribution in [0.25, 0.3) is 11.1 Å². The van der Waals surface area contributed by atoms with E-state index in [0.29, 0.717) is 13.0 Å². The average Bonchev–Trinajstić information content (AvgIpc) is 2.80. The Morgan fingerprint density at radius 3 is 2.74 bits per heavy atom. The summed E-state index contributed by atoms with van der Waals surface area (Å²) in [7, 11) is 1.73. The van der Waals surface area contributed by atoms with E-state index in [-0.39, 0.29) is 5.91 Å². The first-order valence-electron chi connectivity index (χ1n) is 10.6. The second-order valence-corrected chi connectivity index (χ2v) is 8.70. The highest BCUT2D eigenvalue weighted by molar-refractivity contribution is 6.30. The second kappa shape index (κ2) is 9.58. The quantitative estimate of drug-likeness (QED) is 0.626. The number of hydrogen-bond acceptors (Lipinski definition) is 4. The summed E-state index contributed by atoms with van der Waals surface area (Å²) in [6.45, 7) is 2.46. The number of likely N-dealkylation sites (tertiary alicyclic amines) is 1. The maximum atomic E-state index is 13.2. The maximum Gasteiger partial charge on any atom is 0.227 e. The first-order valence-corrected chi connectivity index (χ1v) is 11.0. The van der Waals surface area contributed by atoms with Gasteiger partial charge in [-0.15, -0.1) is 0 Å². The normalized spacial score (nSPS) is 19.2. The third kappa shape index (κ3) is 4.94.